The van der Waals surface area contributed by atoms with Crippen LogP contribution in [0.1, 0.15) is 72.9 Å². The maximum atomic E-state index is 12.9. The second-order valence-corrected chi connectivity index (χ2v) is 9.83. The highest BCUT2D eigenvalue weighted by Crippen LogP contribution is 2.32. The molecular formula is C25H33N3O4. The third kappa shape index (κ3) is 4.46. The van der Waals surface area contributed by atoms with Crippen LogP contribution in [0.4, 0.5) is 0 Å². The van der Waals surface area contributed by atoms with Crippen LogP contribution in [0.2, 0.25) is 0 Å². The zero-order valence-electron chi connectivity index (χ0n) is 18.6. The molecule has 5 rings (SSSR count). The summed E-state index contributed by atoms with van der Waals surface area (Å²) >= 11 is 0. The average Bonchev–Trinajstić information content (AvgIpc) is 3.11. The number of piperidine rings is 1. The first-order valence-electron chi connectivity index (χ1n) is 12.2. The molecule has 3 aliphatic heterocycles. The van der Waals surface area contributed by atoms with Gasteiger partial charge in [-0.15, -0.1) is 0 Å². The smallest absolute Gasteiger partial charge is 0.255 e. The molecule has 7 nitrogen and oxygen atoms in total. The van der Waals surface area contributed by atoms with Crippen LogP contribution in [0.15, 0.2) is 18.2 Å². The van der Waals surface area contributed by atoms with Gasteiger partial charge in [-0.2, -0.15) is 0 Å². The second kappa shape index (κ2) is 9.32. The van der Waals surface area contributed by atoms with Gasteiger partial charge in [0, 0.05) is 37.2 Å². The predicted octanol–water partition coefficient (Wildman–Crippen LogP) is 2.32. The third-order valence-electron chi connectivity index (χ3n) is 7.60. The number of hydrogen-bond acceptors (Lipinski definition) is 5. The fourth-order valence-electron chi connectivity index (χ4n) is 5.90. The van der Waals surface area contributed by atoms with E-state index in [1.807, 2.05) is 6.07 Å². The highest BCUT2D eigenvalue weighted by molar-refractivity contribution is 6.05. The van der Waals surface area contributed by atoms with Crippen molar-refractivity contribution in [2.45, 2.75) is 82.5 Å². The lowest BCUT2D eigenvalue weighted by molar-refractivity contribution is -0.136. The summed E-state index contributed by atoms with van der Waals surface area (Å²) in [7, 11) is 0. The largest absolute Gasteiger partial charge is 0.380 e. The normalized spacial score (nSPS) is 30.9. The van der Waals surface area contributed by atoms with Gasteiger partial charge in [0.05, 0.1) is 6.61 Å². The molecule has 1 aromatic carbocycles. The van der Waals surface area contributed by atoms with Crippen molar-refractivity contribution in [1.82, 2.24) is 15.5 Å². The van der Waals surface area contributed by atoms with E-state index in [0.717, 1.165) is 31.6 Å². The maximum Gasteiger partial charge on any atom is 0.255 e. The van der Waals surface area contributed by atoms with Crippen LogP contribution in [-0.4, -0.2) is 54.0 Å². The van der Waals surface area contributed by atoms with Gasteiger partial charge in [0.1, 0.15) is 6.04 Å². The molecule has 3 fully saturated rings. The number of hydrogen-bond donors (Lipinski definition) is 2. The molecule has 1 aromatic rings. The number of nitrogens with one attached hydrogen (secondary N) is 2. The van der Waals surface area contributed by atoms with Crippen molar-refractivity contribution in [2.75, 3.05) is 13.2 Å². The Hall–Kier alpha value is -2.25. The van der Waals surface area contributed by atoms with Gasteiger partial charge in [-0.1, -0.05) is 25.0 Å². The Morgan fingerprint density at radius 1 is 1.06 bits per heavy atom. The van der Waals surface area contributed by atoms with Crippen molar-refractivity contribution in [2.24, 2.45) is 5.92 Å². The highest BCUT2D eigenvalue weighted by Gasteiger charge is 2.39. The summed E-state index contributed by atoms with van der Waals surface area (Å²) < 4.78 is 5.66. The minimum absolute atomic E-state index is 0.101. The summed E-state index contributed by atoms with van der Waals surface area (Å²) in [6.45, 7) is 2.15. The first kappa shape index (κ1) is 21.6. The molecule has 3 amide bonds. The fourth-order valence-corrected chi connectivity index (χ4v) is 5.90. The predicted molar refractivity (Wildman–Crippen MR) is 119 cm³/mol. The number of rotatable bonds is 5. The van der Waals surface area contributed by atoms with E-state index in [1.165, 1.54) is 37.7 Å². The summed E-state index contributed by atoms with van der Waals surface area (Å²) in [5.41, 5.74) is 2.95. The molecule has 172 valence electrons. The zero-order valence-corrected chi connectivity index (χ0v) is 18.6. The van der Waals surface area contributed by atoms with Crippen molar-refractivity contribution in [3.05, 3.63) is 34.9 Å². The quantitative estimate of drug-likeness (QED) is 0.688. The number of carbonyl (C=O) groups is 3. The molecule has 2 saturated heterocycles. The van der Waals surface area contributed by atoms with Gasteiger partial charge >= 0.3 is 0 Å². The van der Waals surface area contributed by atoms with Gasteiger partial charge in [-0.05, 0) is 61.6 Å². The molecule has 0 bridgehead atoms. The van der Waals surface area contributed by atoms with Crippen LogP contribution >= 0.6 is 0 Å². The fraction of sp³-hybridized carbons (Fsp3) is 0.640. The average molecular weight is 440 g/mol. The molecule has 0 radical (unpaired) electrons. The zero-order chi connectivity index (χ0) is 22.1. The minimum Gasteiger partial charge on any atom is -0.380 e. The molecular weight excluding hydrogens is 406 g/mol. The number of ether oxygens (including phenoxy) is 1. The van der Waals surface area contributed by atoms with Crippen LogP contribution in [-0.2, 0) is 27.3 Å². The molecule has 1 unspecified atom stereocenters. The number of imide groups is 1. The second-order valence-electron chi connectivity index (χ2n) is 9.83. The Morgan fingerprint density at radius 3 is 2.75 bits per heavy atom. The molecule has 0 spiro atoms. The summed E-state index contributed by atoms with van der Waals surface area (Å²) in [5, 5.41) is 6.26. The van der Waals surface area contributed by atoms with Gasteiger partial charge in [-0.3, -0.25) is 19.7 Å². The van der Waals surface area contributed by atoms with Crippen molar-refractivity contribution in [1.29, 1.82) is 0 Å². The number of nitrogens with zero attached hydrogens (tertiary/aromatic N) is 1. The van der Waals surface area contributed by atoms with Crippen molar-refractivity contribution in [3.63, 3.8) is 0 Å². The molecule has 2 N–H and O–H groups in total. The Kier molecular flexibility index (Phi) is 6.28. The summed E-state index contributed by atoms with van der Waals surface area (Å²) in [5.74, 6) is -0.124. The Balaban J connectivity index is 1.26. The van der Waals surface area contributed by atoms with Gasteiger partial charge in [0.15, 0.2) is 0 Å². The molecule has 3 heterocycles. The molecule has 32 heavy (non-hydrogen) atoms. The first-order chi connectivity index (χ1) is 15.6. The number of carbonyl (C=O) groups excluding carboxylic acids is 3. The van der Waals surface area contributed by atoms with E-state index in [1.54, 1.807) is 4.90 Å². The molecule has 7 heteroatoms. The van der Waals surface area contributed by atoms with Crippen LogP contribution in [0.3, 0.4) is 0 Å². The molecule has 0 aromatic heterocycles. The van der Waals surface area contributed by atoms with E-state index in [0.29, 0.717) is 36.5 Å². The van der Waals surface area contributed by atoms with Gasteiger partial charge in [0.2, 0.25) is 11.8 Å². The summed E-state index contributed by atoms with van der Waals surface area (Å²) in [4.78, 5) is 38.3. The SMILES string of the molecule is O=C1CCC(N2Cc3cc(C[C@H]4CCCC[C@@H]4N[C@H]4CCCOC4)ccc3C2=O)C(=O)N1. The maximum absolute atomic E-state index is 12.9. The van der Waals surface area contributed by atoms with E-state index in [4.69, 9.17) is 4.74 Å². The van der Waals surface area contributed by atoms with Gasteiger partial charge < -0.3 is 15.0 Å². The first-order valence-corrected chi connectivity index (χ1v) is 12.2. The van der Waals surface area contributed by atoms with Crippen LogP contribution in [0.25, 0.3) is 0 Å². The van der Waals surface area contributed by atoms with Crippen LogP contribution in [0, 0.1) is 5.92 Å². The van der Waals surface area contributed by atoms with E-state index >= 15 is 0 Å². The Bertz CT molecular complexity index is 895. The van der Waals surface area contributed by atoms with E-state index in [2.05, 4.69) is 22.8 Å². The standard InChI is InChI=1S/C25H33N3O4/c29-23-10-9-22(24(30)27-23)28-14-18-13-16(7-8-20(18)25(28)31)12-17-4-1-2-6-21(17)26-19-5-3-11-32-15-19/h7-8,13,17,19,21-22,26H,1-6,9-12,14-15H2,(H,27,29,30)/t17-,19+,21+,22?/m1/s1. The molecule has 4 aliphatic rings. The van der Waals surface area contributed by atoms with Crippen molar-refractivity contribution < 1.29 is 19.1 Å². The molecule has 1 aliphatic carbocycles. The number of amides is 3. The van der Waals surface area contributed by atoms with Crippen LogP contribution < -0.4 is 10.6 Å². The van der Waals surface area contributed by atoms with Crippen LogP contribution in [0.5, 0.6) is 0 Å². The van der Waals surface area contributed by atoms with E-state index in [9.17, 15) is 14.4 Å². The number of fused-ring (bicyclic) bond motifs is 1. The Labute approximate surface area is 189 Å². The van der Waals surface area contributed by atoms with Crippen molar-refractivity contribution in [3.8, 4) is 0 Å². The van der Waals surface area contributed by atoms with Gasteiger partial charge in [0.25, 0.3) is 5.91 Å². The molecule has 4 atom stereocenters. The highest BCUT2D eigenvalue weighted by atomic mass is 16.5. The Morgan fingerprint density at radius 2 is 1.94 bits per heavy atom. The minimum atomic E-state index is -0.555. The number of benzene rings is 1. The lowest BCUT2D eigenvalue weighted by Gasteiger charge is -2.36. The summed E-state index contributed by atoms with van der Waals surface area (Å²) in [6.07, 6.45) is 9.01. The van der Waals surface area contributed by atoms with E-state index in [-0.39, 0.29) is 24.1 Å². The lowest BCUT2D eigenvalue weighted by Crippen LogP contribution is -2.52. The van der Waals surface area contributed by atoms with E-state index < -0.39 is 6.04 Å². The topological polar surface area (TPSA) is 87.7 Å². The summed E-state index contributed by atoms with van der Waals surface area (Å²) in [6, 6.07) is 6.60. The van der Waals surface area contributed by atoms with Gasteiger partial charge in [-0.25, -0.2) is 0 Å². The monoisotopic (exact) mass is 439 g/mol. The van der Waals surface area contributed by atoms with Crippen molar-refractivity contribution >= 4 is 17.7 Å². The molecule has 1 saturated carbocycles. The third-order valence-corrected chi connectivity index (χ3v) is 7.60. The lowest BCUT2D eigenvalue weighted by atomic mass is 9.80.